The molecule has 0 spiro atoms. The third kappa shape index (κ3) is 2.49. The molecule has 150 valence electrons. The zero-order chi connectivity index (χ0) is 20.4. The molecule has 4 aliphatic carbocycles. The predicted molar refractivity (Wildman–Crippen MR) is 100 cm³/mol. The normalized spacial score (nSPS) is 33.9. The Kier molecular flexibility index (Phi) is 3.77. The Morgan fingerprint density at radius 3 is 2.41 bits per heavy atom. The van der Waals surface area contributed by atoms with Gasteiger partial charge in [0.1, 0.15) is 0 Å². The zero-order valence-corrected chi connectivity index (χ0v) is 15.6. The topological polar surface area (TPSA) is 122 Å². The van der Waals surface area contributed by atoms with Crippen molar-refractivity contribution in [3.05, 3.63) is 40.0 Å². The lowest BCUT2D eigenvalue weighted by atomic mass is 9.63. The van der Waals surface area contributed by atoms with Crippen molar-refractivity contribution in [1.29, 1.82) is 0 Å². The molecule has 1 N–H and O–H groups in total. The third-order valence-corrected chi connectivity index (χ3v) is 6.54. The molecule has 2 amide bonds. The predicted octanol–water partition coefficient (Wildman–Crippen LogP) is 2.09. The van der Waals surface area contributed by atoms with Crippen molar-refractivity contribution in [1.82, 2.24) is 5.01 Å². The number of allylic oxidation sites excluding steroid dienone is 2. The van der Waals surface area contributed by atoms with Gasteiger partial charge in [-0.1, -0.05) is 12.2 Å². The molecule has 6 rings (SSSR count). The number of hydrazone groups is 1. The fraction of sp³-hybridized carbons (Fsp3) is 0.450. The molecule has 9 nitrogen and oxygen atoms in total. The highest BCUT2D eigenvalue weighted by atomic mass is 16.6. The van der Waals surface area contributed by atoms with E-state index in [9.17, 15) is 24.8 Å². The second-order valence-electron chi connectivity index (χ2n) is 7.96. The van der Waals surface area contributed by atoms with Gasteiger partial charge in [-0.15, -0.1) is 0 Å². The first-order valence-electron chi connectivity index (χ1n) is 9.66. The van der Waals surface area contributed by atoms with Gasteiger partial charge in [-0.05, 0) is 43.1 Å². The van der Waals surface area contributed by atoms with Gasteiger partial charge in [-0.2, -0.15) is 10.1 Å². The number of ether oxygens (including phenoxy) is 1. The van der Waals surface area contributed by atoms with Crippen molar-refractivity contribution in [2.45, 2.75) is 13.3 Å². The molecule has 9 heteroatoms. The van der Waals surface area contributed by atoms with Crippen molar-refractivity contribution in [3.63, 3.8) is 0 Å². The van der Waals surface area contributed by atoms with Crippen LogP contribution >= 0.6 is 0 Å². The van der Waals surface area contributed by atoms with Crippen molar-refractivity contribution in [2.75, 3.05) is 6.61 Å². The number of rotatable bonds is 5. The summed E-state index contributed by atoms with van der Waals surface area (Å²) in [4.78, 5) is 36.3. The first-order chi connectivity index (χ1) is 13.9. The summed E-state index contributed by atoms with van der Waals surface area (Å²) in [6.07, 6.45) is 6.46. The highest BCUT2D eigenvalue weighted by Gasteiger charge is 2.67. The molecule has 5 aliphatic rings. The van der Waals surface area contributed by atoms with Gasteiger partial charge < -0.3 is 9.84 Å². The summed E-state index contributed by atoms with van der Waals surface area (Å²) in [6, 6.07) is 2.51. The lowest BCUT2D eigenvalue weighted by Gasteiger charge is -2.37. The van der Waals surface area contributed by atoms with E-state index in [-0.39, 0.29) is 53.4 Å². The molecule has 3 fully saturated rings. The van der Waals surface area contributed by atoms with E-state index in [1.807, 2.05) is 0 Å². The average molecular weight is 397 g/mol. The Morgan fingerprint density at radius 2 is 1.86 bits per heavy atom. The van der Waals surface area contributed by atoms with Crippen molar-refractivity contribution in [2.24, 2.45) is 40.6 Å². The fourth-order valence-corrected chi connectivity index (χ4v) is 5.27. The fourth-order valence-electron chi connectivity index (χ4n) is 5.27. The summed E-state index contributed by atoms with van der Waals surface area (Å²) in [5.41, 5.74) is -0.287. The summed E-state index contributed by atoms with van der Waals surface area (Å²) >= 11 is 0. The average Bonchev–Trinajstić information content (AvgIpc) is 3.47. The molecule has 0 unspecified atom stereocenters. The van der Waals surface area contributed by atoms with Crippen LogP contribution in [0.25, 0.3) is 0 Å². The van der Waals surface area contributed by atoms with E-state index in [1.54, 1.807) is 6.92 Å². The molecule has 1 aliphatic heterocycles. The minimum atomic E-state index is -0.731. The van der Waals surface area contributed by atoms with Crippen LogP contribution in [0, 0.1) is 45.6 Å². The number of nitrogens with zero attached hydrogens (tertiary/aromatic N) is 3. The molecule has 2 bridgehead atoms. The van der Waals surface area contributed by atoms with Gasteiger partial charge >= 0.3 is 5.69 Å². The Hall–Kier alpha value is -3.23. The van der Waals surface area contributed by atoms with Crippen molar-refractivity contribution < 1.29 is 24.4 Å². The largest absolute Gasteiger partial charge is 0.500 e. The minimum Gasteiger partial charge on any atom is -0.500 e. The van der Waals surface area contributed by atoms with Crippen LogP contribution in [0.4, 0.5) is 5.69 Å². The van der Waals surface area contributed by atoms with E-state index in [1.165, 1.54) is 12.3 Å². The number of hydrogen-bond donors (Lipinski definition) is 1. The van der Waals surface area contributed by atoms with Gasteiger partial charge in [0, 0.05) is 11.6 Å². The molecule has 1 heterocycles. The van der Waals surface area contributed by atoms with Gasteiger partial charge in [-0.25, -0.2) is 0 Å². The van der Waals surface area contributed by atoms with E-state index in [0.29, 0.717) is 11.8 Å². The molecule has 1 saturated heterocycles. The number of nitro groups is 1. The highest BCUT2D eigenvalue weighted by molar-refractivity contribution is 6.06. The van der Waals surface area contributed by atoms with Gasteiger partial charge in [0.25, 0.3) is 11.8 Å². The Labute approximate surface area is 165 Å². The second kappa shape index (κ2) is 6.13. The molecule has 1 aromatic rings. The van der Waals surface area contributed by atoms with Crippen molar-refractivity contribution in [3.8, 4) is 11.5 Å². The SMILES string of the molecule is CCOc1cc(/C=N\N2C(=O)[C@@H]3[C@H]4C=C[C@@H]([C@@H]5C[C@H]45)[C@H]3C2=O)cc([N+](=O)[O-])c1O. The summed E-state index contributed by atoms with van der Waals surface area (Å²) in [7, 11) is 0. The minimum absolute atomic E-state index is 0.0572. The Morgan fingerprint density at radius 1 is 1.24 bits per heavy atom. The standard InChI is InChI=1S/C20H19N3O6/c1-2-29-15-6-9(5-14(18(15)24)23(27)28)8-21-22-19(25)16-10-3-4-11(13-7-12(10)13)17(16)20(22)26/h3-6,8,10-13,16-17,24H,2,7H2,1H3/b21-8-/t10-,11-,12-,13+,16+,17+/m0/s1. The second-order valence-corrected chi connectivity index (χ2v) is 7.96. The van der Waals surface area contributed by atoms with Crippen molar-refractivity contribution >= 4 is 23.7 Å². The molecule has 1 aromatic carbocycles. The monoisotopic (exact) mass is 397 g/mol. The molecule has 0 aromatic heterocycles. The van der Waals surface area contributed by atoms with Gasteiger partial charge in [0.05, 0.1) is 29.6 Å². The van der Waals surface area contributed by atoms with E-state index in [2.05, 4.69) is 17.3 Å². The van der Waals surface area contributed by atoms with E-state index in [4.69, 9.17) is 4.74 Å². The van der Waals surface area contributed by atoms with Crippen LogP contribution in [-0.4, -0.2) is 39.7 Å². The summed E-state index contributed by atoms with van der Waals surface area (Å²) in [6.45, 7) is 1.89. The molecular weight excluding hydrogens is 378 g/mol. The van der Waals surface area contributed by atoms with Crippen LogP contribution in [-0.2, 0) is 9.59 Å². The number of imide groups is 1. The van der Waals surface area contributed by atoms with Gasteiger partial charge in [0.2, 0.25) is 5.75 Å². The summed E-state index contributed by atoms with van der Waals surface area (Å²) < 4.78 is 5.24. The molecule has 29 heavy (non-hydrogen) atoms. The van der Waals surface area contributed by atoms with Crippen LogP contribution in [0.15, 0.2) is 29.4 Å². The highest BCUT2D eigenvalue weighted by Crippen LogP contribution is 2.65. The van der Waals surface area contributed by atoms with E-state index >= 15 is 0 Å². The number of benzene rings is 1. The third-order valence-electron chi connectivity index (χ3n) is 6.54. The maximum Gasteiger partial charge on any atom is 0.315 e. The van der Waals surface area contributed by atoms with Crippen LogP contribution in [0.5, 0.6) is 11.5 Å². The molecular formula is C20H19N3O6. The summed E-state index contributed by atoms with van der Waals surface area (Å²) in [5.74, 6) is -0.747. The molecule has 2 saturated carbocycles. The number of phenols is 1. The maximum absolute atomic E-state index is 12.9. The van der Waals surface area contributed by atoms with Gasteiger partial charge in [0.15, 0.2) is 5.75 Å². The van der Waals surface area contributed by atoms with Crippen LogP contribution in [0.3, 0.4) is 0 Å². The smallest absolute Gasteiger partial charge is 0.315 e. The number of carbonyl (C=O) groups excluding carboxylic acids is 2. The van der Waals surface area contributed by atoms with Crippen LogP contribution in [0.1, 0.15) is 18.9 Å². The number of nitro benzene ring substituents is 1. The van der Waals surface area contributed by atoms with E-state index < -0.39 is 16.4 Å². The van der Waals surface area contributed by atoms with Crippen LogP contribution in [0.2, 0.25) is 0 Å². The zero-order valence-electron chi connectivity index (χ0n) is 15.6. The lowest BCUT2D eigenvalue weighted by Crippen LogP contribution is -2.40. The number of aromatic hydroxyl groups is 1. The first kappa shape index (κ1) is 17.8. The summed E-state index contributed by atoms with van der Waals surface area (Å²) in [5, 5.41) is 26.2. The quantitative estimate of drug-likeness (QED) is 0.267. The number of phenolic OH excluding ortho intramolecular Hbond substituents is 1. The van der Waals surface area contributed by atoms with E-state index in [0.717, 1.165) is 17.5 Å². The number of amides is 2. The first-order valence-corrected chi connectivity index (χ1v) is 9.66. The maximum atomic E-state index is 12.9. The van der Waals surface area contributed by atoms with Crippen LogP contribution < -0.4 is 4.74 Å². The molecule has 6 atom stereocenters. The molecule has 0 radical (unpaired) electrons. The van der Waals surface area contributed by atoms with Gasteiger partial charge in [-0.3, -0.25) is 19.7 Å². The number of carbonyl (C=O) groups is 2. The lowest BCUT2D eigenvalue weighted by molar-refractivity contribution is -0.386. The Bertz CT molecular complexity index is 966. The number of hydrogen-bond acceptors (Lipinski definition) is 7. The Balaban J connectivity index is 1.45.